The van der Waals surface area contributed by atoms with Crippen molar-refractivity contribution in [1.29, 1.82) is 0 Å². The number of hydrogen-bond donors (Lipinski definition) is 2. The van der Waals surface area contributed by atoms with Crippen molar-refractivity contribution in [1.82, 2.24) is 0 Å². The van der Waals surface area contributed by atoms with Gasteiger partial charge in [-0.25, -0.2) is 0 Å². The molecule has 0 unspecified atom stereocenters. The molecule has 0 aromatic heterocycles. The van der Waals surface area contributed by atoms with Crippen LogP contribution in [-0.4, -0.2) is 30.6 Å². The Morgan fingerprint density at radius 1 is 0.304 bits per heavy atom. The third-order valence-corrected chi connectivity index (χ3v) is 11.6. The van der Waals surface area contributed by atoms with Gasteiger partial charge in [0.15, 0.2) is 21.7 Å². The molecular formula is C7H4Cl14N2. The monoisotopic (exact) mass is 606 g/mol. The van der Waals surface area contributed by atoms with Crippen molar-refractivity contribution >= 4 is 162 Å². The number of rotatable bonds is 6. The lowest BCUT2D eigenvalue weighted by Crippen LogP contribution is -2.70. The Morgan fingerprint density at radius 3 is 0.565 bits per heavy atom. The van der Waals surface area contributed by atoms with Crippen molar-refractivity contribution < 1.29 is 0 Å². The van der Waals surface area contributed by atoms with Crippen molar-refractivity contribution in [3.8, 4) is 0 Å². The van der Waals surface area contributed by atoms with Crippen LogP contribution >= 0.6 is 162 Å². The average molecular weight is 612 g/mol. The normalized spacial score (nSPS) is 16.7. The molecule has 23 heavy (non-hydrogen) atoms. The fourth-order valence-electron chi connectivity index (χ4n) is 1.01. The van der Waals surface area contributed by atoms with Crippen molar-refractivity contribution in [3.05, 3.63) is 0 Å². The summed E-state index contributed by atoms with van der Waals surface area (Å²) in [5.41, 5.74) is 10.8. The van der Waals surface area contributed by atoms with E-state index in [2.05, 4.69) is 0 Å². The van der Waals surface area contributed by atoms with Crippen LogP contribution in [0.4, 0.5) is 0 Å². The minimum absolute atomic E-state index is 2.50. The second-order valence-electron chi connectivity index (χ2n) is 4.12. The molecule has 0 aliphatic carbocycles. The highest BCUT2D eigenvalue weighted by molar-refractivity contribution is 6.79. The zero-order valence-corrected chi connectivity index (χ0v) is 20.5. The second kappa shape index (κ2) is 7.67. The number of halogens is 14. The summed E-state index contributed by atoms with van der Waals surface area (Å²) in [6.07, 6.45) is 0. The molecule has 0 fully saturated rings. The van der Waals surface area contributed by atoms with Crippen LogP contribution in [0.1, 0.15) is 0 Å². The summed E-state index contributed by atoms with van der Waals surface area (Å²) >= 11 is 82.3. The van der Waals surface area contributed by atoms with E-state index in [1.807, 2.05) is 0 Å². The second-order valence-corrected chi connectivity index (χ2v) is 13.5. The smallest absolute Gasteiger partial charge is 0.202 e. The van der Waals surface area contributed by atoms with Crippen LogP contribution in [0.2, 0.25) is 0 Å². The molecule has 4 N–H and O–H groups in total. The van der Waals surface area contributed by atoms with E-state index in [1.165, 1.54) is 0 Å². The molecule has 0 saturated carbocycles. The maximum Gasteiger partial charge on any atom is 0.202 e. The summed E-state index contributed by atoms with van der Waals surface area (Å²) in [5, 5.41) is 0. The molecule has 0 rings (SSSR count). The molecule has 0 atom stereocenters. The highest BCUT2D eigenvalue weighted by Gasteiger charge is 2.78. The van der Waals surface area contributed by atoms with Gasteiger partial charge in [-0.2, -0.15) is 0 Å². The third-order valence-electron chi connectivity index (χ3n) is 2.41. The van der Waals surface area contributed by atoms with E-state index in [4.69, 9.17) is 174 Å². The summed E-state index contributed by atoms with van der Waals surface area (Å²) in [6, 6.07) is 0. The molecule has 0 radical (unpaired) electrons. The molecule has 140 valence electrons. The van der Waals surface area contributed by atoms with E-state index in [0.29, 0.717) is 0 Å². The predicted molar refractivity (Wildman–Crippen MR) is 109 cm³/mol. The molecule has 0 aliphatic heterocycles. The molecule has 0 aromatic rings. The van der Waals surface area contributed by atoms with E-state index in [9.17, 15) is 0 Å². The summed E-state index contributed by atoms with van der Waals surface area (Å²) in [5.74, 6) is 0. The van der Waals surface area contributed by atoms with Crippen LogP contribution in [0, 0.1) is 0 Å². The maximum absolute atomic E-state index is 6.05. The van der Waals surface area contributed by atoms with E-state index in [-0.39, 0.29) is 0 Å². The van der Waals surface area contributed by atoms with Crippen LogP contribution in [-0.2, 0) is 0 Å². The van der Waals surface area contributed by atoms with Gasteiger partial charge in [-0.1, -0.05) is 162 Å². The molecule has 0 saturated heterocycles. The zero-order valence-electron chi connectivity index (χ0n) is 9.95. The minimum Gasteiger partial charge on any atom is -0.298 e. The molecule has 16 heteroatoms. The standard InChI is InChI=1S/C7H4Cl14N2/c8-1(9,2(10,11)4(14,15)6(18,19)22)3(12,13)5(16,17)7(20,21)23/h22-23H2. The fraction of sp³-hybridized carbons (Fsp3) is 1.00. The van der Waals surface area contributed by atoms with Gasteiger partial charge in [-0.05, 0) is 0 Å². The van der Waals surface area contributed by atoms with Gasteiger partial charge < -0.3 is 0 Å². The van der Waals surface area contributed by atoms with Gasteiger partial charge >= 0.3 is 0 Å². The lowest BCUT2D eigenvalue weighted by Gasteiger charge is -2.52. The molecular weight excluding hydrogens is 608 g/mol. The summed E-state index contributed by atoms with van der Waals surface area (Å²) in [7, 11) is 0. The topological polar surface area (TPSA) is 52.0 Å². The Kier molecular flexibility index (Phi) is 8.99. The van der Waals surface area contributed by atoms with Crippen molar-refractivity contribution in [3.63, 3.8) is 0 Å². The Labute approximate surface area is 202 Å². The number of alkyl halides is 14. The predicted octanol–water partition coefficient (Wildman–Crippen LogP) is 7.04. The molecule has 0 bridgehead atoms. The first-order valence-corrected chi connectivity index (χ1v) is 10.0. The number of nitrogens with two attached hydrogens (primary N) is 2. The van der Waals surface area contributed by atoms with Gasteiger partial charge in [-0.15, -0.1) is 0 Å². The van der Waals surface area contributed by atoms with Crippen LogP contribution in [0.5, 0.6) is 0 Å². The highest BCUT2D eigenvalue weighted by Crippen LogP contribution is 2.69. The Balaban J connectivity index is 6.37. The molecule has 0 aliphatic rings. The lowest BCUT2D eigenvalue weighted by molar-refractivity contribution is 0.456. The average Bonchev–Trinajstić information content (AvgIpc) is 2.24. The first-order valence-electron chi connectivity index (χ1n) is 4.72. The van der Waals surface area contributed by atoms with Crippen LogP contribution in [0.3, 0.4) is 0 Å². The van der Waals surface area contributed by atoms with E-state index in [1.54, 1.807) is 0 Å². The zero-order chi connectivity index (χ0) is 19.5. The SMILES string of the molecule is NC(Cl)(Cl)C(Cl)(Cl)C(Cl)(Cl)C(Cl)(Cl)C(Cl)(Cl)C(Cl)(Cl)C(N)(Cl)Cl. The highest BCUT2D eigenvalue weighted by atomic mass is 35.6. The van der Waals surface area contributed by atoms with Crippen molar-refractivity contribution in [2.75, 3.05) is 0 Å². The molecule has 0 amide bonds. The van der Waals surface area contributed by atoms with Gasteiger partial charge in [0.2, 0.25) is 8.91 Å². The summed E-state index contributed by atoms with van der Waals surface area (Å²) in [4.78, 5) is 0. The first-order chi connectivity index (χ1) is 9.50. The van der Waals surface area contributed by atoms with Crippen LogP contribution in [0.25, 0.3) is 0 Å². The molecule has 2 nitrogen and oxygen atoms in total. The van der Waals surface area contributed by atoms with E-state index < -0.39 is 30.6 Å². The van der Waals surface area contributed by atoms with Gasteiger partial charge in [0, 0.05) is 0 Å². The minimum atomic E-state index is -2.85. The first kappa shape index (κ1) is 27.0. The molecule has 0 aromatic carbocycles. The Bertz CT molecular complexity index is 403. The lowest BCUT2D eigenvalue weighted by atomic mass is 10.1. The van der Waals surface area contributed by atoms with Crippen LogP contribution in [0.15, 0.2) is 0 Å². The Hall–Kier alpha value is 3.98. The summed E-state index contributed by atoms with van der Waals surface area (Å²) in [6.45, 7) is 0. The van der Waals surface area contributed by atoms with Crippen molar-refractivity contribution in [2.24, 2.45) is 11.5 Å². The van der Waals surface area contributed by atoms with Gasteiger partial charge in [0.1, 0.15) is 0 Å². The van der Waals surface area contributed by atoms with Gasteiger partial charge in [0.25, 0.3) is 0 Å². The van der Waals surface area contributed by atoms with E-state index >= 15 is 0 Å². The Morgan fingerprint density at radius 2 is 0.435 bits per heavy atom. The van der Waals surface area contributed by atoms with E-state index in [0.717, 1.165) is 0 Å². The van der Waals surface area contributed by atoms with Gasteiger partial charge in [0.05, 0.1) is 0 Å². The largest absolute Gasteiger partial charge is 0.298 e. The molecule has 0 heterocycles. The maximum atomic E-state index is 6.05. The van der Waals surface area contributed by atoms with Gasteiger partial charge in [-0.3, -0.25) is 11.5 Å². The molecule has 0 spiro atoms. The van der Waals surface area contributed by atoms with Crippen LogP contribution < -0.4 is 11.5 Å². The quantitative estimate of drug-likeness (QED) is 0.250. The number of hydrogen-bond acceptors (Lipinski definition) is 2. The third kappa shape index (κ3) is 4.44. The van der Waals surface area contributed by atoms with Crippen molar-refractivity contribution in [2.45, 2.75) is 30.6 Å². The summed E-state index contributed by atoms with van der Waals surface area (Å²) < 4.78 is -18.8. The fourth-order valence-corrected chi connectivity index (χ4v) is 4.84.